The van der Waals surface area contributed by atoms with Gasteiger partial charge in [0, 0.05) is 6.54 Å². The van der Waals surface area contributed by atoms with Gasteiger partial charge in [-0.2, -0.15) is 0 Å². The van der Waals surface area contributed by atoms with Crippen LogP contribution < -0.4 is 10.0 Å². The first-order valence-electron chi connectivity index (χ1n) is 8.93. The molecule has 0 saturated heterocycles. The van der Waals surface area contributed by atoms with Crippen LogP contribution in [0.3, 0.4) is 0 Å². The average molecular weight is 404 g/mol. The van der Waals surface area contributed by atoms with E-state index in [4.69, 9.17) is 5.11 Å². The summed E-state index contributed by atoms with van der Waals surface area (Å²) in [7, 11) is -3.82. The lowest BCUT2D eigenvalue weighted by Gasteiger charge is -2.17. The highest BCUT2D eigenvalue weighted by Crippen LogP contribution is 2.04. The van der Waals surface area contributed by atoms with Gasteiger partial charge >= 0.3 is 5.97 Å². The van der Waals surface area contributed by atoms with Gasteiger partial charge in [0.1, 0.15) is 6.04 Å². The maximum Gasteiger partial charge on any atom is 0.305 e. The third kappa shape index (κ3) is 7.89. The molecule has 3 N–H and O–H groups in total. The number of rotatable bonds is 11. The summed E-state index contributed by atoms with van der Waals surface area (Å²) in [5, 5.41) is 11.6. The van der Waals surface area contributed by atoms with Crippen molar-refractivity contribution < 1.29 is 23.1 Å². The predicted molar refractivity (Wildman–Crippen MR) is 106 cm³/mol. The van der Waals surface area contributed by atoms with Gasteiger partial charge in [0.15, 0.2) is 0 Å². The molecule has 0 bridgehead atoms. The van der Waals surface area contributed by atoms with Crippen molar-refractivity contribution in [1.82, 2.24) is 10.0 Å². The number of hydrogen-bond donors (Lipinski definition) is 3. The highest BCUT2D eigenvalue weighted by Gasteiger charge is 2.26. The highest BCUT2D eigenvalue weighted by atomic mass is 32.2. The van der Waals surface area contributed by atoms with Crippen molar-refractivity contribution in [3.05, 3.63) is 71.8 Å². The Morgan fingerprint density at radius 1 is 0.893 bits per heavy atom. The Balaban J connectivity index is 1.91. The van der Waals surface area contributed by atoms with Gasteiger partial charge in [-0.15, -0.1) is 0 Å². The minimum atomic E-state index is -3.82. The minimum absolute atomic E-state index is 0.232. The summed E-state index contributed by atoms with van der Waals surface area (Å²) in [6, 6.07) is 17.2. The van der Waals surface area contributed by atoms with Gasteiger partial charge in [0.2, 0.25) is 15.9 Å². The molecule has 2 aromatic rings. The molecule has 2 rings (SSSR count). The molecule has 28 heavy (non-hydrogen) atoms. The van der Waals surface area contributed by atoms with E-state index in [0.29, 0.717) is 6.42 Å². The molecule has 0 radical (unpaired) electrons. The summed E-state index contributed by atoms with van der Waals surface area (Å²) in [5.74, 6) is -2.14. The summed E-state index contributed by atoms with van der Waals surface area (Å²) >= 11 is 0. The largest absolute Gasteiger partial charge is 0.481 e. The fourth-order valence-electron chi connectivity index (χ4n) is 2.63. The summed E-state index contributed by atoms with van der Waals surface area (Å²) in [4.78, 5) is 23.4. The van der Waals surface area contributed by atoms with Crippen LogP contribution in [0.5, 0.6) is 0 Å². The second-order valence-electron chi connectivity index (χ2n) is 6.35. The van der Waals surface area contributed by atoms with E-state index in [1.807, 2.05) is 48.5 Å². The Labute approximate surface area is 164 Å². The lowest BCUT2D eigenvalue weighted by Crippen LogP contribution is -2.48. The van der Waals surface area contributed by atoms with Crippen LogP contribution in [0.2, 0.25) is 0 Å². The lowest BCUT2D eigenvalue weighted by molar-refractivity contribution is -0.139. The molecule has 0 aliphatic rings. The number of nitrogens with one attached hydrogen (secondary N) is 2. The van der Waals surface area contributed by atoms with Crippen LogP contribution in [0.1, 0.15) is 17.5 Å². The van der Waals surface area contributed by atoms with Gasteiger partial charge in [0.25, 0.3) is 0 Å². The van der Waals surface area contributed by atoms with Crippen LogP contribution in [0.15, 0.2) is 60.7 Å². The van der Waals surface area contributed by atoms with Crippen molar-refractivity contribution in [2.45, 2.75) is 25.3 Å². The Morgan fingerprint density at radius 3 is 1.96 bits per heavy atom. The zero-order valence-electron chi connectivity index (χ0n) is 15.4. The Kier molecular flexibility index (Phi) is 8.16. The van der Waals surface area contributed by atoms with Crippen molar-refractivity contribution >= 4 is 21.9 Å². The molecular weight excluding hydrogens is 380 g/mol. The van der Waals surface area contributed by atoms with E-state index in [2.05, 4.69) is 10.0 Å². The third-order valence-electron chi connectivity index (χ3n) is 4.08. The molecule has 1 amide bonds. The van der Waals surface area contributed by atoms with E-state index < -0.39 is 34.4 Å². The zero-order valence-corrected chi connectivity index (χ0v) is 16.2. The molecule has 0 spiro atoms. The maximum atomic E-state index is 12.3. The van der Waals surface area contributed by atoms with Gasteiger partial charge in [-0.1, -0.05) is 60.7 Å². The first-order valence-corrected chi connectivity index (χ1v) is 10.6. The molecule has 1 atom stereocenters. The first-order chi connectivity index (χ1) is 13.4. The number of sulfonamides is 1. The lowest BCUT2D eigenvalue weighted by atomic mass is 10.1. The number of aryl methyl sites for hydroxylation is 1. The van der Waals surface area contributed by atoms with Gasteiger partial charge in [0.05, 0.1) is 12.2 Å². The Hall–Kier alpha value is -2.71. The van der Waals surface area contributed by atoms with E-state index in [1.54, 1.807) is 12.1 Å². The fourth-order valence-corrected chi connectivity index (χ4v) is 3.88. The van der Waals surface area contributed by atoms with Crippen LogP contribution in [-0.2, 0) is 32.5 Å². The quantitative estimate of drug-likeness (QED) is 0.523. The van der Waals surface area contributed by atoms with Gasteiger partial charge in [-0.05, 0) is 24.0 Å². The maximum absolute atomic E-state index is 12.3. The van der Waals surface area contributed by atoms with E-state index in [9.17, 15) is 18.0 Å². The van der Waals surface area contributed by atoms with Gasteiger partial charge in [-0.3, -0.25) is 9.59 Å². The number of carboxylic acid groups (broad SMARTS) is 1. The van der Waals surface area contributed by atoms with Crippen LogP contribution in [0.25, 0.3) is 0 Å². The Morgan fingerprint density at radius 2 is 1.43 bits per heavy atom. The van der Waals surface area contributed by atoms with E-state index >= 15 is 0 Å². The fraction of sp³-hybridized carbons (Fsp3) is 0.300. The summed E-state index contributed by atoms with van der Waals surface area (Å²) in [5.41, 5.74) is 1.86. The molecule has 0 heterocycles. The molecule has 0 unspecified atom stereocenters. The van der Waals surface area contributed by atoms with E-state index in [1.165, 1.54) is 0 Å². The highest BCUT2D eigenvalue weighted by molar-refractivity contribution is 7.89. The summed E-state index contributed by atoms with van der Waals surface area (Å²) in [6.45, 7) is 0.282. The predicted octanol–water partition coefficient (Wildman–Crippen LogP) is 1.35. The molecular formula is C20H24N2O5S. The molecule has 7 nitrogen and oxygen atoms in total. The molecule has 2 aromatic carbocycles. The second kappa shape index (κ2) is 10.6. The third-order valence-corrected chi connectivity index (χ3v) is 5.46. The van der Waals surface area contributed by atoms with Crippen molar-refractivity contribution in [2.75, 3.05) is 12.3 Å². The molecule has 8 heteroatoms. The van der Waals surface area contributed by atoms with Gasteiger partial charge < -0.3 is 10.4 Å². The Bertz CT molecular complexity index is 870. The second-order valence-corrected chi connectivity index (χ2v) is 8.22. The molecule has 0 fully saturated rings. The number of aliphatic carboxylic acids is 1. The van der Waals surface area contributed by atoms with Crippen LogP contribution in [0, 0.1) is 0 Å². The summed E-state index contributed by atoms with van der Waals surface area (Å²) < 4.78 is 26.8. The molecule has 0 aliphatic carbocycles. The first kappa shape index (κ1) is 21.6. The molecule has 0 aromatic heterocycles. The number of carbonyl (C=O) groups excluding carboxylic acids is 1. The van der Waals surface area contributed by atoms with E-state index in [0.717, 1.165) is 11.1 Å². The van der Waals surface area contributed by atoms with Crippen LogP contribution in [-0.4, -0.2) is 43.7 Å². The number of carboxylic acids is 1. The SMILES string of the molecule is O=C(O)C[C@H](NS(=O)(=O)CCc1ccccc1)C(=O)NCCc1ccccc1. The topological polar surface area (TPSA) is 113 Å². The zero-order chi connectivity index (χ0) is 20.4. The average Bonchev–Trinajstić information content (AvgIpc) is 2.67. The van der Waals surface area contributed by atoms with Gasteiger partial charge in [-0.25, -0.2) is 13.1 Å². The van der Waals surface area contributed by atoms with Crippen molar-refractivity contribution in [3.8, 4) is 0 Å². The smallest absolute Gasteiger partial charge is 0.305 e. The number of amides is 1. The normalized spacial score (nSPS) is 12.3. The van der Waals surface area contributed by atoms with Crippen LogP contribution in [0.4, 0.5) is 0 Å². The molecule has 0 aliphatic heterocycles. The molecule has 0 saturated carbocycles. The molecule has 150 valence electrons. The monoisotopic (exact) mass is 404 g/mol. The van der Waals surface area contributed by atoms with Crippen molar-refractivity contribution in [1.29, 1.82) is 0 Å². The van der Waals surface area contributed by atoms with E-state index in [-0.39, 0.29) is 18.7 Å². The number of carbonyl (C=O) groups is 2. The van der Waals surface area contributed by atoms with Crippen molar-refractivity contribution in [2.24, 2.45) is 0 Å². The van der Waals surface area contributed by atoms with Crippen LogP contribution >= 0.6 is 0 Å². The standard InChI is InChI=1S/C20H24N2O5S/c23-19(24)15-18(20(25)21-13-11-16-7-3-1-4-8-16)22-28(26,27)14-12-17-9-5-2-6-10-17/h1-10,18,22H,11-15H2,(H,21,25)(H,23,24)/t18-/m0/s1. The number of benzene rings is 2. The van der Waals surface area contributed by atoms with Crippen molar-refractivity contribution in [3.63, 3.8) is 0 Å². The minimum Gasteiger partial charge on any atom is -0.481 e. The number of hydrogen-bond acceptors (Lipinski definition) is 4. The summed E-state index contributed by atoms with van der Waals surface area (Å²) in [6.07, 6.45) is 0.209.